The highest BCUT2D eigenvalue weighted by molar-refractivity contribution is 7.64. The smallest absolute Gasteiger partial charge is 0.366 e. The number of hydrogen-bond acceptors (Lipinski definition) is 5. The number of rotatable bonds is 7. The fourth-order valence-corrected chi connectivity index (χ4v) is 7.65. The Labute approximate surface area is 165 Å². The van der Waals surface area contributed by atoms with Gasteiger partial charge in [0, 0.05) is 0 Å². The largest absolute Gasteiger partial charge is 0.408 e. The third-order valence-electron chi connectivity index (χ3n) is 2.44. The molecule has 1 aromatic carbocycles. The second-order valence-corrected chi connectivity index (χ2v) is 12.5. The van der Waals surface area contributed by atoms with Gasteiger partial charge in [-0.3, -0.25) is 4.57 Å². The molecule has 0 fully saturated rings. The van der Waals surface area contributed by atoms with Crippen LogP contribution in [0.5, 0.6) is 0 Å². The van der Waals surface area contributed by atoms with Crippen molar-refractivity contribution >= 4 is 30.0 Å². The van der Waals surface area contributed by atoms with E-state index in [0.717, 1.165) is 0 Å². The van der Waals surface area contributed by atoms with Crippen LogP contribution in [0.3, 0.4) is 0 Å². The van der Waals surface area contributed by atoms with Crippen LogP contribution in [0, 0.1) is 0 Å². The average Bonchev–Trinajstić information content (AvgIpc) is 2.38. The van der Waals surface area contributed by atoms with Gasteiger partial charge >= 0.3 is 24.7 Å². The first-order chi connectivity index (χ1) is 9.14. The third kappa shape index (κ3) is 11.7. The predicted molar refractivity (Wildman–Crippen MR) is 124 cm³/mol. The van der Waals surface area contributed by atoms with E-state index in [9.17, 15) is 14.2 Å². The minimum absolute atomic E-state index is 0. The molecule has 0 radical (unpaired) electrons. The highest BCUT2D eigenvalue weighted by atomic mass is 31.2. The summed E-state index contributed by atoms with van der Waals surface area (Å²) in [6, 6.07) is 8.20. The molecule has 0 aliphatic carbocycles. The summed E-state index contributed by atoms with van der Waals surface area (Å²) in [6.07, 6.45) is 0. The Morgan fingerprint density at radius 1 is 0.846 bits per heavy atom. The Morgan fingerprint density at radius 2 is 1.15 bits per heavy atom. The highest BCUT2D eigenvalue weighted by Gasteiger charge is 2.42. The molecule has 0 aliphatic heterocycles. The van der Waals surface area contributed by atoms with Crippen molar-refractivity contribution < 1.29 is 22.6 Å². The maximum Gasteiger partial charge on any atom is 0.366 e. The lowest BCUT2D eigenvalue weighted by Gasteiger charge is -2.29. The van der Waals surface area contributed by atoms with E-state index < -0.39 is 24.7 Å². The molecule has 0 saturated carbocycles. The molecular weight excluding hydrogens is 383 g/mol. The molecule has 2 N–H and O–H groups in total. The van der Waals surface area contributed by atoms with E-state index in [2.05, 4.69) is 13.2 Å². The van der Waals surface area contributed by atoms with Gasteiger partial charge in [0.1, 0.15) is 0 Å². The van der Waals surface area contributed by atoms with Crippen LogP contribution in [0.1, 0.15) is 44.6 Å². The molecule has 0 amide bonds. The van der Waals surface area contributed by atoms with Crippen molar-refractivity contribution in [1.29, 1.82) is 0 Å². The molecule has 26 heavy (non-hydrogen) atoms. The molecule has 0 aromatic heterocycles. The zero-order chi connectivity index (χ0) is 15.4. The third-order valence-corrected chi connectivity index (χ3v) is 9.77. The first-order valence-corrected chi connectivity index (χ1v) is 12.3. The van der Waals surface area contributed by atoms with Gasteiger partial charge in [-0.05, 0) is 36.6 Å². The lowest BCUT2D eigenvalue weighted by atomic mass is 10.4. The summed E-state index contributed by atoms with van der Waals surface area (Å²) < 4.78 is 23.6. The second kappa shape index (κ2) is 15.3. The SMILES string of the molecule is C.C.C.C.C.C.C=C[Si](C)(O)OP(=O)(O[Si](C)(O)C=C)c1ccccc1. The van der Waals surface area contributed by atoms with E-state index in [-0.39, 0.29) is 49.9 Å². The van der Waals surface area contributed by atoms with Crippen molar-refractivity contribution in [2.75, 3.05) is 0 Å². The van der Waals surface area contributed by atoms with E-state index in [4.69, 9.17) is 8.43 Å². The Hall–Kier alpha value is -0.796. The van der Waals surface area contributed by atoms with Gasteiger partial charge in [-0.1, -0.05) is 62.8 Å². The van der Waals surface area contributed by atoms with Crippen molar-refractivity contribution in [3.8, 4) is 0 Å². The van der Waals surface area contributed by atoms with Crippen LogP contribution in [0.2, 0.25) is 13.1 Å². The van der Waals surface area contributed by atoms with E-state index in [1.165, 1.54) is 24.5 Å². The van der Waals surface area contributed by atoms with Gasteiger partial charge in [0.2, 0.25) is 0 Å². The van der Waals surface area contributed by atoms with Gasteiger partial charge in [-0.2, -0.15) is 0 Å². The molecule has 0 spiro atoms. The predicted octanol–water partition coefficient (Wildman–Crippen LogP) is 5.93. The molecule has 158 valence electrons. The summed E-state index contributed by atoms with van der Waals surface area (Å²) >= 11 is 0. The van der Waals surface area contributed by atoms with E-state index in [1.807, 2.05) is 0 Å². The molecule has 0 heterocycles. The minimum Gasteiger partial charge on any atom is -0.408 e. The molecule has 0 saturated heterocycles. The number of hydrogen-bond donors (Lipinski definition) is 2. The topological polar surface area (TPSA) is 76.0 Å². The summed E-state index contributed by atoms with van der Waals surface area (Å²) in [5.41, 5.74) is 2.46. The highest BCUT2D eigenvalue weighted by Crippen LogP contribution is 2.51. The Bertz CT molecular complexity index is 508. The summed E-state index contributed by atoms with van der Waals surface area (Å²) in [7, 11) is -10.6. The maximum atomic E-state index is 13.0. The van der Waals surface area contributed by atoms with Crippen LogP contribution in [0.25, 0.3) is 0 Å². The van der Waals surface area contributed by atoms with Crippen molar-refractivity contribution in [1.82, 2.24) is 0 Å². The van der Waals surface area contributed by atoms with E-state index in [0.29, 0.717) is 0 Å². The molecular formula is C18H43O5PSi2. The van der Waals surface area contributed by atoms with E-state index in [1.54, 1.807) is 30.3 Å². The van der Waals surface area contributed by atoms with Gasteiger partial charge in [0.25, 0.3) is 0 Å². The lowest BCUT2D eigenvalue weighted by molar-refractivity contribution is 0.318. The van der Waals surface area contributed by atoms with Crippen LogP contribution in [0.15, 0.2) is 54.9 Å². The van der Waals surface area contributed by atoms with Gasteiger partial charge in [-0.25, -0.2) is 0 Å². The summed E-state index contributed by atoms with van der Waals surface area (Å²) in [4.78, 5) is 20.1. The standard InChI is InChI=1S/C12H19O5PSi2.6CH4/c1-5-19(3,14)16-18(13,17-20(4,15)6-2)12-10-8-7-9-11-12;;;;;;/h5-11,14-15H,1-2H2,3-4H3;6*1H4. The van der Waals surface area contributed by atoms with Crippen LogP contribution in [-0.2, 0) is 13.0 Å². The van der Waals surface area contributed by atoms with E-state index >= 15 is 0 Å². The molecule has 5 nitrogen and oxygen atoms in total. The van der Waals surface area contributed by atoms with Crippen LogP contribution in [0.4, 0.5) is 0 Å². The lowest BCUT2D eigenvalue weighted by Crippen LogP contribution is -2.38. The zero-order valence-electron chi connectivity index (χ0n) is 11.5. The monoisotopic (exact) mass is 426 g/mol. The number of benzene rings is 1. The van der Waals surface area contributed by atoms with Crippen molar-refractivity contribution in [3.63, 3.8) is 0 Å². The van der Waals surface area contributed by atoms with Gasteiger partial charge in [0.05, 0.1) is 5.30 Å². The Morgan fingerprint density at radius 3 is 1.42 bits per heavy atom. The maximum absolute atomic E-state index is 13.0. The average molecular weight is 427 g/mol. The van der Waals surface area contributed by atoms with Gasteiger partial charge < -0.3 is 18.0 Å². The molecule has 2 atom stereocenters. The second-order valence-electron chi connectivity index (χ2n) is 4.53. The van der Waals surface area contributed by atoms with Crippen LogP contribution in [-0.4, -0.2) is 26.7 Å². The van der Waals surface area contributed by atoms with Gasteiger partial charge in [0.15, 0.2) is 0 Å². The summed E-state index contributed by atoms with van der Waals surface area (Å²) in [6.45, 7) is 9.77. The Balaban J connectivity index is -0.000000167. The van der Waals surface area contributed by atoms with Crippen molar-refractivity contribution in [3.05, 3.63) is 54.9 Å². The molecule has 0 bridgehead atoms. The normalized spacial score (nSPS) is 15.5. The molecule has 8 heteroatoms. The molecule has 1 aromatic rings. The fourth-order valence-electron chi connectivity index (χ4n) is 1.30. The molecule has 0 aliphatic rings. The summed E-state index contributed by atoms with van der Waals surface area (Å²) in [5, 5.41) is 0.268. The van der Waals surface area contributed by atoms with Crippen LogP contribution >= 0.6 is 7.60 Å². The first kappa shape index (κ1) is 40.0. The molecule has 2 unspecified atom stereocenters. The molecule has 1 rings (SSSR count). The minimum atomic E-state index is -3.87. The Kier molecular flexibility index (Phi) is 23.5. The van der Waals surface area contributed by atoms with Crippen molar-refractivity contribution in [2.24, 2.45) is 0 Å². The van der Waals surface area contributed by atoms with Crippen molar-refractivity contribution in [2.45, 2.75) is 57.7 Å². The van der Waals surface area contributed by atoms with Crippen LogP contribution < -0.4 is 5.30 Å². The van der Waals surface area contributed by atoms with Gasteiger partial charge in [-0.15, -0.1) is 13.2 Å². The zero-order valence-corrected chi connectivity index (χ0v) is 14.4. The fraction of sp³-hybridized carbons (Fsp3) is 0.444. The quantitative estimate of drug-likeness (QED) is 0.417. The first-order valence-electron chi connectivity index (χ1n) is 5.93. The summed E-state index contributed by atoms with van der Waals surface area (Å²) in [5.74, 6) is 0.